The van der Waals surface area contributed by atoms with Crippen LogP contribution in [0.15, 0.2) is 55.0 Å². The van der Waals surface area contributed by atoms with Crippen LogP contribution in [0.3, 0.4) is 0 Å². The van der Waals surface area contributed by atoms with Crippen molar-refractivity contribution >= 4 is 5.82 Å². The predicted octanol–water partition coefficient (Wildman–Crippen LogP) is 5.02. The molecule has 0 spiro atoms. The van der Waals surface area contributed by atoms with Gasteiger partial charge in [0, 0.05) is 18.7 Å². The summed E-state index contributed by atoms with van der Waals surface area (Å²) >= 11 is 0. The van der Waals surface area contributed by atoms with E-state index in [9.17, 15) is 0 Å². The minimum absolute atomic E-state index is 0.00544. The van der Waals surface area contributed by atoms with Gasteiger partial charge in [-0.15, -0.1) is 0 Å². The quantitative estimate of drug-likeness (QED) is 0.394. The van der Waals surface area contributed by atoms with Crippen molar-refractivity contribution in [3.63, 3.8) is 0 Å². The van der Waals surface area contributed by atoms with Crippen LogP contribution in [0.1, 0.15) is 42.1 Å². The van der Waals surface area contributed by atoms with E-state index in [4.69, 9.17) is 20.2 Å². The topological polar surface area (TPSA) is 91.3 Å². The van der Waals surface area contributed by atoms with Gasteiger partial charge < -0.3 is 20.1 Å². The molecule has 36 heavy (non-hydrogen) atoms. The van der Waals surface area contributed by atoms with Crippen molar-refractivity contribution in [3.05, 3.63) is 77.2 Å². The first-order valence-corrected chi connectivity index (χ1v) is 12.3. The van der Waals surface area contributed by atoms with Gasteiger partial charge >= 0.3 is 0 Å². The van der Waals surface area contributed by atoms with Crippen molar-refractivity contribution in [1.29, 1.82) is 0 Å². The molecule has 0 bridgehead atoms. The Balaban J connectivity index is 1.38. The van der Waals surface area contributed by atoms with Crippen molar-refractivity contribution in [2.75, 3.05) is 25.9 Å². The number of benzene rings is 2. The predicted molar refractivity (Wildman–Crippen MR) is 140 cm³/mol. The smallest absolute Gasteiger partial charge is 0.263 e. The summed E-state index contributed by atoms with van der Waals surface area (Å²) in [7, 11) is 2.15. The van der Waals surface area contributed by atoms with Crippen molar-refractivity contribution in [2.24, 2.45) is 0 Å². The molecular formula is C28H32N6O2. The van der Waals surface area contributed by atoms with Crippen LogP contribution in [0.5, 0.6) is 17.4 Å². The third kappa shape index (κ3) is 4.90. The average Bonchev–Trinajstić information content (AvgIpc) is 3.33. The SMILES string of the molecule is CCOc1cccc(C(C)n2cc(Oc3nc(-c4cc(C)c5c(c4)CN(C)CC5)cnc3N)cn2)c1. The molecule has 186 valence electrons. The lowest BCUT2D eigenvalue weighted by Gasteiger charge is -2.27. The number of nitrogens with zero attached hydrogens (tertiary/aromatic N) is 5. The number of rotatable bonds is 7. The van der Waals surface area contributed by atoms with Crippen LogP contribution in [0, 0.1) is 6.92 Å². The Kier molecular flexibility index (Phi) is 6.61. The maximum atomic E-state index is 6.13. The Morgan fingerprint density at radius 3 is 2.83 bits per heavy atom. The van der Waals surface area contributed by atoms with Gasteiger partial charge in [-0.05, 0) is 80.8 Å². The summed E-state index contributed by atoms with van der Waals surface area (Å²) in [4.78, 5) is 11.4. The molecule has 0 fully saturated rings. The lowest BCUT2D eigenvalue weighted by molar-refractivity contribution is 0.312. The normalized spacial score (nSPS) is 14.3. The van der Waals surface area contributed by atoms with E-state index in [-0.39, 0.29) is 17.7 Å². The van der Waals surface area contributed by atoms with Crippen molar-refractivity contribution in [3.8, 4) is 28.6 Å². The van der Waals surface area contributed by atoms with Gasteiger partial charge in [-0.1, -0.05) is 12.1 Å². The third-order valence-electron chi connectivity index (χ3n) is 6.65. The molecule has 2 aromatic heterocycles. The first kappa shape index (κ1) is 23.8. The molecular weight excluding hydrogens is 452 g/mol. The number of fused-ring (bicyclic) bond motifs is 1. The Bertz CT molecular complexity index is 1380. The Labute approximate surface area is 211 Å². The van der Waals surface area contributed by atoms with Crippen LogP contribution >= 0.6 is 0 Å². The number of nitrogen functional groups attached to an aromatic ring is 1. The Hall–Kier alpha value is -3.91. The van der Waals surface area contributed by atoms with Crippen molar-refractivity contribution < 1.29 is 9.47 Å². The fourth-order valence-corrected chi connectivity index (χ4v) is 4.69. The summed E-state index contributed by atoms with van der Waals surface area (Å²) in [6.45, 7) is 8.85. The summed E-state index contributed by atoms with van der Waals surface area (Å²) in [6.07, 6.45) is 6.27. The number of aromatic nitrogens is 4. The van der Waals surface area contributed by atoms with Gasteiger partial charge in [0.2, 0.25) is 0 Å². The molecule has 2 aromatic carbocycles. The third-order valence-corrected chi connectivity index (χ3v) is 6.65. The fourth-order valence-electron chi connectivity index (χ4n) is 4.69. The largest absolute Gasteiger partial charge is 0.494 e. The van der Waals surface area contributed by atoms with E-state index in [2.05, 4.69) is 54.1 Å². The molecule has 5 rings (SSSR count). The molecule has 0 amide bonds. The average molecular weight is 485 g/mol. The highest BCUT2D eigenvalue weighted by Gasteiger charge is 2.18. The first-order chi connectivity index (χ1) is 17.4. The summed E-state index contributed by atoms with van der Waals surface area (Å²) in [5.74, 6) is 1.89. The van der Waals surface area contributed by atoms with E-state index >= 15 is 0 Å². The van der Waals surface area contributed by atoms with E-state index < -0.39 is 0 Å². The van der Waals surface area contributed by atoms with E-state index in [0.29, 0.717) is 12.4 Å². The second-order valence-corrected chi connectivity index (χ2v) is 9.30. The van der Waals surface area contributed by atoms with Gasteiger partial charge in [0.1, 0.15) is 5.75 Å². The summed E-state index contributed by atoms with van der Waals surface area (Å²) in [6, 6.07) is 12.4. The van der Waals surface area contributed by atoms with Gasteiger partial charge in [-0.2, -0.15) is 5.10 Å². The number of hydrogen-bond donors (Lipinski definition) is 1. The fraction of sp³-hybridized carbons (Fsp3) is 0.321. The summed E-state index contributed by atoms with van der Waals surface area (Å²) < 4.78 is 13.5. The molecule has 0 aliphatic carbocycles. The summed E-state index contributed by atoms with van der Waals surface area (Å²) in [5.41, 5.74) is 13.0. The van der Waals surface area contributed by atoms with E-state index in [0.717, 1.165) is 42.1 Å². The molecule has 4 aromatic rings. The molecule has 8 heteroatoms. The number of aryl methyl sites for hydroxylation is 1. The van der Waals surface area contributed by atoms with E-state index in [1.165, 1.54) is 16.7 Å². The molecule has 1 aliphatic heterocycles. The Morgan fingerprint density at radius 2 is 2.00 bits per heavy atom. The Morgan fingerprint density at radius 1 is 1.14 bits per heavy atom. The lowest BCUT2D eigenvalue weighted by Crippen LogP contribution is -2.27. The zero-order valence-electron chi connectivity index (χ0n) is 21.2. The van der Waals surface area contributed by atoms with Gasteiger partial charge in [-0.3, -0.25) is 4.68 Å². The van der Waals surface area contributed by atoms with Crippen LogP contribution in [0.2, 0.25) is 0 Å². The second kappa shape index (κ2) is 9.99. The van der Waals surface area contributed by atoms with Gasteiger partial charge in [0.25, 0.3) is 5.88 Å². The second-order valence-electron chi connectivity index (χ2n) is 9.30. The number of hydrogen-bond acceptors (Lipinski definition) is 7. The maximum absolute atomic E-state index is 6.13. The first-order valence-electron chi connectivity index (χ1n) is 12.3. The van der Waals surface area contributed by atoms with Crippen molar-refractivity contribution in [2.45, 2.75) is 39.8 Å². The van der Waals surface area contributed by atoms with Gasteiger partial charge in [0.05, 0.1) is 36.9 Å². The molecule has 1 unspecified atom stereocenters. The zero-order chi connectivity index (χ0) is 25.2. The minimum atomic E-state index is -0.00544. The van der Waals surface area contributed by atoms with Gasteiger partial charge in [0.15, 0.2) is 11.6 Å². The van der Waals surface area contributed by atoms with Crippen LogP contribution < -0.4 is 15.2 Å². The maximum Gasteiger partial charge on any atom is 0.263 e. The molecule has 1 aliphatic rings. The molecule has 0 saturated heterocycles. The van der Waals surface area contributed by atoms with Crippen LogP contribution in [-0.4, -0.2) is 44.8 Å². The van der Waals surface area contributed by atoms with E-state index in [1.54, 1.807) is 12.4 Å². The van der Waals surface area contributed by atoms with E-state index in [1.807, 2.05) is 36.0 Å². The summed E-state index contributed by atoms with van der Waals surface area (Å²) in [5, 5.41) is 4.50. The van der Waals surface area contributed by atoms with Crippen LogP contribution in [-0.2, 0) is 13.0 Å². The number of nitrogens with two attached hydrogens (primary N) is 1. The number of ether oxygens (including phenoxy) is 2. The number of anilines is 1. The van der Waals surface area contributed by atoms with Gasteiger partial charge in [-0.25, -0.2) is 9.97 Å². The standard InChI is InChI=1S/C28H32N6O2/c1-5-35-23-8-6-7-20(13-23)19(3)34-17-24(14-31-34)36-28-27(29)30-15-26(32-28)21-11-18(2)25-9-10-33(4)16-22(25)12-21/h6-8,11-15,17,19H,5,9-10,16H2,1-4H3,(H2,29,30). The highest BCUT2D eigenvalue weighted by Crippen LogP contribution is 2.32. The van der Waals surface area contributed by atoms with Crippen LogP contribution in [0.25, 0.3) is 11.3 Å². The highest BCUT2D eigenvalue weighted by atomic mass is 16.5. The number of likely N-dealkylation sites (N-methyl/N-ethyl adjacent to an activating group) is 1. The van der Waals surface area contributed by atoms with Crippen molar-refractivity contribution in [1.82, 2.24) is 24.6 Å². The lowest BCUT2D eigenvalue weighted by atomic mass is 9.92. The molecule has 1 atom stereocenters. The monoisotopic (exact) mass is 484 g/mol. The molecule has 8 nitrogen and oxygen atoms in total. The van der Waals surface area contributed by atoms with Crippen LogP contribution in [0.4, 0.5) is 5.82 Å². The molecule has 0 saturated carbocycles. The molecule has 3 heterocycles. The highest BCUT2D eigenvalue weighted by molar-refractivity contribution is 5.64. The zero-order valence-corrected chi connectivity index (χ0v) is 21.2. The molecule has 2 N–H and O–H groups in total. The molecule has 0 radical (unpaired) electrons. The minimum Gasteiger partial charge on any atom is -0.494 e.